The van der Waals surface area contributed by atoms with E-state index in [2.05, 4.69) is 0 Å². The van der Waals surface area contributed by atoms with Gasteiger partial charge in [0.1, 0.15) is 0 Å². The molecule has 3 nitrogen and oxygen atoms in total. The molecule has 2 N–H and O–H groups in total. The van der Waals surface area contributed by atoms with Crippen molar-refractivity contribution in [2.24, 2.45) is 11.7 Å². The van der Waals surface area contributed by atoms with Gasteiger partial charge in [0.25, 0.3) is 0 Å². The van der Waals surface area contributed by atoms with Crippen molar-refractivity contribution in [3.63, 3.8) is 0 Å². The summed E-state index contributed by atoms with van der Waals surface area (Å²) >= 11 is 0. The summed E-state index contributed by atoms with van der Waals surface area (Å²) in [6.45, 7) is 1.80. The van der Waals surface area contributed by atoms with Crippen LogP contribution in [0.5, 0.6) is 0 Å². The van der Waals surface area contributed by atoms with E-state index in [0.29, 0.717) is 17.9 Å². The summed E-state index contributed by atoms with van der Waals surface area (Å²) in [5.41, 5.74) is 5.89. The second-order valence-corrected chi connectivity index (χ2v) is 3.59. The molecule has 2 atom stereocenters. The first-order valence-electron chi connectivity index (χ1n) is 4.31. The van der Waals surface area contributed by atoms with Gasteiger partial charge in [0.15, 0.2) is 0 Å². The Labute approximate surface area is 66.5 Å². The summed E-state index contributed by atoms with van der Waals surface area (Å²) in [6.07, 6.45) is 2.73. The molecule has 0 aromatic rings. The molecule has 11 heavy (non-hydrogen) atoms. The van der Waals surface area contributed by atoms with Crippen LogP contribution in [-0.4, -0.2) is 29.9 Å². The first-order chi connectivity index (χ1) is 5.27. The van der Waals surface area contributed by atoms with Crippen molar-refractivity contribution < 1.29 is 4.79 Å². The highest BCUT2D eigenvalue weighted by Crippen LogP contribution is 2.25. The van der Waals surface area contributed by atoms with Crippen LogP contribution >= 0.6 is 0 Å². The standard InChI is InChI=1S/C8H14N2O/c9-7-3-4-10-5-6(7)1-2-8(10)11/h6-7H,1-5,9H2. The smallest absolute Gasteiger partial charge is 0.222 e. The quantitative estimate of drug-likeness (QED) is 0.532. The first kappa shape index (κ1) is 7.10. The lowest BCUT2D eigenvalue weighted by atomic mass is 9.85. The Bertz CT molecular complexity index is 181. The van der Waals surface area contributed by atoms with E-state index in [1.54, 1.807) is 0 Å². The Balaban J connectivity index is 2.08. The summed E-state index contributed by atoms with van der Waals surface area (Å²) in [5, 5.41) is 0. The van der Waals surface area contributed by atoms with Gasteiger partial charge < -0.3 is 10.6 Å². The highest BCUT2D eigenvalue weighted by molar-refractivity contribution is 5.77. The van der Waals surface area contributed by atoms with Crippen LogP contribution in [0.25, 0.3) is 0 Å². The van der Waals surface area contributed by atoms with Gasteiger partial charge in [-0.2, -0.15) is 0 Å². The highest BCUT2D eigenvalue weighted by Gasteiger charge is 2.33. The normalized spacial score (nSPS) is 37.5. The van der Waals surface area contributed by atoms with Gasteiger partial charge in [-0.3, -0.25) is 4.79 Å². The lowest BCUT2D eigenvalue weighted by Crippen LogP contribution is -2.52. The van der Waals surface area contributed by atoms with Crippen molar-refractivity contribution in [2.45, 2.75) is 25.3 Å². The van der Waals surface area contributed by atoms with Gasteiger partial charge in [0.2, 0.25) is 5.91 Å². The number of fused-ring (bicyclic) bond motifs is 2. The maximum atomic E-state index is 11.2. The SMILES string of the molecule is NC1CCN2CC1CCC2=O. The summed E-state index contributed by atoms with van der Waals surface area (Å²) in [7, 11) is 0. The zero-order chi connectivity index (χ0) is 7.84. The van der Waals surface area contributed by atoms with Gasteiger partial charge in [0.05, 0.1) is 0 Å². The van der Waals surface area contributed by atoms with Gasteiger partial charge >= 0.3 is 0 Å². The lowest BCUT2D eigenvalue weighted by molar-refractivity contribution is -0.137. The monoisotopic (exact) mass is 154 g/mol. The fourth-order valence-electron chi connectivity index (χ4n) is 2.05. The second-order valence-electron chi connectivity index (χ2n) is 3.59. The molecule has 0 saturated carbocycles. The summed E-state index contributed by atoms with van der Waals surface area (Å²) in [6, 6.07) is 0.347. The van der Waals surface area contributed by atoms with Crippen LogP contribution < -0.4 is 5.73 Å². The van der Waals surface area contributed by atoms with Gasteiger partial charge in [-0.05, 0) is 18.8 Å². The van der Waals surface area contributed by atoms with Crippen LogP contribution in [0.2, 0.25) is 0 Å². The van der Waals surface area contributed by atoms with Crippen LogP contribution in [0.3, 0.4) is 0 Å². The topological polar surface area (TPSA) is 46.3 Å². The minimum atomic E-state index is 0.327. The maximum absolute atomic E-state index is 11.2. The van der Waals surface area contributed by atoms with E-state index in [4.69, 9.17) is 5.73 Å². The number of carbonyl (C=O) groups is 1. The Morgan fingerprint density at radius 2 is 2.27 bits per heavy atom. The van der Waals surface area contributed by atoms with Crippen LogP contribution in [0.4, 0.5) is 0 Å². The van der Waals surface area contributed by atoms with Crippen molar-refractivity contribution in [2.75, 3.05) is 13.1 Å². The van der Waals surface area contributed by atoms with Crippen molar-refractivity contribution >= 4 is 5.91 Å². The van der Waals surface area contributed by atoms with Crippen molar-refractivity contribution in [3.8, 4) is 0 Å². The van der Waals surface area contributed by atoms with Crippen LogP contribution in [0.15, 0.2) is 0 Å². The predicted molar refractivity (Wildman–Crippen MR) is 41.9 cm³/mol. The molecule has 0 aliphatic carbocycles. The third-order valence-electron chi connectivity index (χ3n) is 2.87. The van der Waals surface area contributed by atoms with E-state index in [1.807, 2.05) is 4.90 Å². The fraction of sp³-hybridized carbons (Fsp3) is 0.875. The first-order valence-corrected chi connectivity index (χ1v) is 4.31. The van der Waals surface area contributed by atoms with E-state index in [9.17, 15) is 4.79 Å². The summed E-state index contributed by atoms with van der Waals surface area (Å²) < 4.78 is 0. The van der Waals surface area contributed by atoms with Gasteiger partial charge in [-0.1, -0.05) is 0 Å². The maximum Gasteiger partial charge on any atom is 0.222 e. The predicted octanol–water partition coefficient (Wildman–Crippen LogP) is -0.0440. The third-order valence-corrected chi connectivity index (χ3v) is 2.87. The third kappa shape index (κ3) is 1.13. The lowest BCUT2D eigenvalue weighted by Gasteiger charge is -2.40. The average molecular weight is 154 g/mol. The fourth-order valence-corrected chi connectivity index (χ4v) is 2.05. The molecule has 2 saturated heterocycles. The molecule has 2 unspecified atom stereocenters. The molecule has 0 radical (unpaired) electrons. The zero-order valence-corrected chi connectivity index (χ0v) is 6.62. The van der Waals surface area contributed by atoms with E-state index in [-0.39, 0.29) is 0 Å². The summed E-state index contributed by atoms with van der Waals surface area (Å²) in [4.78, 5) is 13.2. The minimum absolute atomic E-state index is 0.327. The molecule has 2 bridgehead atoms. The zero-order valence-electron chi connectivity index (χ0n) is 6.62. The molecule has 62 valence electrons. The molecule has 2 rings (SSSR count). The van der Waals surface area contributed by atoms with Crippen LogP contribution in [0, 0.1) is 5.92 Å². The number of nitrogens with two attached hydrogens (primary N) is 1. The van der Waals surface area contributed by atoms with Gasteiger partial charge in [-0.15, -0.1) is 0 Å². The molecule has 3 heteroatoms. The average Bonchev–Trinajstić information content (AvgIpc) is 2.02. The molecule has 2 fully saturated rings. The van der Waals surface area contributed by atoms with Crippen molar-refractivity contribution in [1.82, 2.24) is 4.90 Å². The molecule has 0 spiro atoms. The molecule has 2 aliphatic heterocycles. The molecule has 1 amide bonds. The molecular weight excluding hydrogens is 140 g/mol. The molecule has 2 heterocycles. The van der Waals surface area contributed by atoms with Gasteiger partial charge in [-0.25, -0.2) is 0 Å². The number of piperidine rings is 2. The van der Waals surface area contributed by atoms with E-state index >= 15 is 0 Å². The van der Waals surface area contributed by atoms with Crippen molar-refractivity contribution in [1.29, 1.82) is 0 Å². The van der Waals surface area contributed by atoms with E-state index in [1.165, 1.54) is 0 Å². The van der Waals surface area contributed by atoms with E-state index < -0.39 is 0 Å². The van der Waals surface area contributed by atoms with E-state index in [0.717, 1.165) is 32.4 Å². The molecule has 0 aromatic heterocycles. The minimum Gasteiger partial charge on any atom is -0.342 e. The Hall–Kier alpha value is -0.570. The Morgan fingerprint density at radius 3 is 3.09 bits per heavy atom. The Morgan fingerprint density at radius 1 is 1.45 bits per heavy atom. The van der Waals surface area contributed by atoms with Crippen LogP contribution in [-0.2, 0) is 4.79 Å². The number of carbonyl (C=O) groups excluding carboxylic acids is 1. The van der Waals surface area contributed by atoms with Crippen LogP contribution in [0.1, 0.15) is 19.3 Å². The molecule has 0 aromatic carbocycles. The second kappa shape index (κ2) is 2.48. The Kier molecular flexibility index (Phi) is 1.60. The summed E-state index contributed by atoms with van der Waals surface area (Å²) in [5.74, 6) is 0.912. The van der Waals surface area contributed by atoms with Crippen molar-refractivity contribution in [3.05, 3.63) is 0 Å². The number of nitrogens with zero attached hydrogens (tertiary/aromatic N) is 1. The number of amides is 1. The molecular formula is C8H14N2O. The molecule has 2 aliphatic rings. The van der Waals surface area contributed by atoms with Gasteiger partial charge in [0, 0.05) is 25.6 Å². The largest absolute Gasteiger partial charge is 0.342 e. The number of hydrogen-bond acceptors (Lipinski definition) is 2. The highest BCUT2D eigenvalue weighted by atomic mass is 16.2. The number of rotatable bonds is 0. The number of hydrogen-bond donors (Lipinski definition) is 1.